The van der Waals surface area contributed by atoms with Gasteiger partial charge in [-0.3, -0.25) is 4.79 Å². The predicted octanol–water partition coefficient (Wildman–Crippen LogP) is 3.55. The highest BCUT2D eigenvalue weighted by molar-refractivity contribution is 8.00. The average Bonchev–Trinajstić information content (AvgIpc) is 2.16. The highest BCUT2D eigenvalue weighted by atomic mass is 32.2. The molecular formula is C11H22O2S. The van der Waals surface area contributed by atoms with Gasteiger partial charge >= 0.3 is 5.97 Å². The van der Waals surface area contributed by atoms with Gasteiger partial charge in [-0.2, -0.15) is 0 Å². The summed E-state index contributed by atoms with van der Waals surface area (Å²) < 4.78 is 0. The fraction of sp³-hybridized carbons (Fsp3) is 0.909. The first kappa shape index (κ1) is 13.8. The summed E-state index contributed by atoms with van der Waals surface area (Å²) in [4.78, 5) is 10.5. The Bertz CT molecular complexity index is 148. The summed E-state index contributed by atoms with van der Waals surface area (Å²) in [5.74, 6) is 0.292. The van der Waals surface area contributed by atoms with E-state index in [0.29, 0.717) is 0 Å². The van der Waals surface area contributed by atoms with Crippen LogP contribution in [0.15, 0.2) is 0 Å². The van der Waals surface area contributed by atoms with Crippen molar-refractivity contribution in [1.29, 1.82) is 0 Å². The third kappa shape index (κ3) is 8.42. The molecule has 1 N–H and O–H groups in total. The number of hydrogen-bond donors (Lipinski definition) is 1. The molecule has 0 unspecified atom stereocenters. The molecule has 84 valence electrons. The number of carboxylic acids is 1. The number of unbranched alkanes of at least 4 members (excludes halogenated alkanes) is 5. The third-order valence-corrected chi connectivity index (χ3v) is 3.44. The summed E-state index contributed by atoms with van der Waals surface area (Å²) in [6, 6.07) is 0. The van der Waals surface area contributed by atoms with Crippen molar-refractivity contribution in [3.05, 3.63) is 0 Å². The second kappa shape index (κ2) is 9.38. The fourth-order valence-electron chi connectivity index (χ4n) is 1.21. The molecule has 0 aliphatic rings. The molecule has 0 aliphatic carbocycles. The predicted molar refractivity (Wildman–Crippen MR) is 62.9 cm³/mol. The van der Waals surface area contributed by atoms with Crippen molar-refractivity contribution in [3.63, 3.8) is 0 Å². The number of rotatable bonds is 9. The SMILES string of the molecule is CCCCCCCCS[C@H](C)C(=O)O. The molecule has 0 bridgehead atoms. The van der Waals surface area contributed by atoms with Crippen molar-refractivity contribution >= 4 is 17.7 Å². The number of carboxylic acid groups (broad SMARTS) is 1. The van der Waals surface area contributed by atoms with E-state index in [1.54, 1.807) is 18.7 Å². The lowest BCUT2D eigenvalue weighted by Gasteiger charge is -2.05. The monoisotopic (exact) mass is 218 g/mol. The Hall–Kier alpha value is -0.180. The number of carbonyl (C=O) groups is 1. The Labute approximate surface area is 91.5 Å². The van der Waals surface area contributed by atoms with Gasteiger partial charge in [0.05, 0.1) is 5.25 Å². The summed E-state index contributed by atoms with van der Waals surface area (Å²) in [5.41, 5.74) is 0. The molecule has 0 spiro atoms. The van der Waals surface area contributed by atoms with Crippen LogP contribution in [-0.4, -0.2) is 22.1 Å². The standard InChI is InChI=1S/C11H22O2S/c1-3-4-5-6-7-8-9-14-10(2)11(12)13/h10H,3-9H2,1-2H3,(H,12,13)/t10-/m1/s1. The molecular weight excluding hydrogens is 196 g/mol. The summed E-state index contributed by atoms with van der Waals surface area (Å²) in [7, 11) is 0. The molecule has 14 heavy (non-hydrogen) atoms. The van der Waals surface area contributed by atoms with E-state index in [0.717, 1.165) is 12.2 Å². The molecule has 0 rings (SSSR count). The smallest absolute Gasteiger partial charge is 0.316 e. The quantitative estimate of drug-likeness (QED) is 0.601. The lowest BCUT2D eigenvalue weighted by atomic mass is 10.1. The minimum Gasteiger partial charge on any atom is -0.480 e. The number of hydrogen-bond acceptors (Lipinski definition) is 2. The normalized spacial score (nSPS) is 12.7. The first-order valence-electron chi connectivity index (χ1n) is 5.53. The van der Waals surface area contributed by atoms with E-state index in [1.165, 1.54) is 32.1 Å². The molecule has 0 saturated carbocycles. The van der Waals surface area contributed by atoms with Gasteiger partial charge in [0.15, 0.2) is 0 Å². The van der Waals surface area contributed by atoms with Gasteiger partial charge in [0.25, 0.3) is 0 Å². The molecule has 1 atom stereocenters. The van der Waals surface area contributed by atoms with Crippen LogP contribution in [0.1, 0.15) is 52.4 Å². The molecule has 0 saturated heterocycles. The van der Waals surface area contributed by atoms with Gasteiger partial charge < -0.3 is 5.11 Å². The van der Waals surface area contributed by atoms with Crippen molar-refractivity contribution in [2.75, 3.05) is 5.75 Å². The molecule has 0 fully saturated rings. The second-order valence-corrected chi connectivity index (χ2v) is 5.07. The zero-order valence-electron chi connectivity index (χ0n) is 9.29. The number of aliphatic carboxylic acids is 1. The summed E-state index contributed by atoms with van der Waals surface area (Å²) in [6.45, 7) is 3.97. The minimum absolute atomic E-state index is 0.245. The highest BCUT2D eigenvalue weighted by Gasteiger charge is 2.09. The maximum absolute atomic E-state index is 10.5. The van der Waals surface area contributed by atoms with Crippen LogP contribution >= 0.6 is 11.8 Å². The Morgan fingerprint density at radius 2 is 1.79 bits per heavy atom. The summed E-state index contributed by atoms with van der Waals surface area (Å²) >= 11 is 1.55. The first-order valence-corrected chi connectivity index (χ1v) is 6.57. The van der Waals surface area contributed by atoms with Gasteiger partial charge in [0.2, 0.25) is 0 Å². The van der Waals surface area contributed by atoms with E-state index in [-0.39, 0.29) is 5.25 Å². The minimum atomic E-state index is -0.694. The second-order valence-electron chi connectivity index (χ2n) is 3.62. The van der Waals surface area contributed by atoms with Gasteiger partial charge in [-0.25, -0.2) is 0 Å². The van der Waals surface area contributed by atoms with Crippen LogP contribution in [0.4, 0.5) is 0 Å². The molecule has 0 amide bonds. The van der Waals surface area contributed by atoms with Gasteiger partial charge in [-0.05, 0) is 19.1 Å². The number of thioether (sulfide) groups is 1. The van der Waals surface area contributed by atoms with Gasteiger partial charge in [0, 0.05) is 0 Å². The Balaban J connectivity index is 3.09. The first-order chi connectivity index (χ1) is 6.68. The summed E-state index contributed by atoms with van der Waals surface area (Å²) in [5, 5.41) is 8.39. The maximum atomic E-state index is 10.5. The highest BCUT2D eigenvalue weighted by Crippen LogP contribution is 2.14. The van der Waals surface area contributed by atoms with Gasteiger partial charge in [-0.1, -0.05) is 39.0 Å². The van der Waals surface area contributed by atoms with Crippen LogP contribution in [0, 0.1) is 0 Å². The largest absolute Gasteiger partial charge is 0.480 e. The zero-order valence-corrected chi connectivity index (χ0v) is 10.1. The molecule has 0 aromatic carbocycles. The molecule has 2 nitrogen and oxygen atoms in total. The molecule has 0 aliphatic heterocycles. The van der Waals surface area contributed by atoms with Crippen LogP contribution in [0.25, 0.3) is 0 Å². The van der Waals surface area contributed by atoms with Crippen LogP contribution in [0.3, 0.4) is 0 Å². The van der Waals surface area contributed by atoms with Gasteiger partial charge in [0.1, 0.15) is 0 Å². The van der Waals surface area contributed by atoms with Crippen LogP contribution in [0.2, 0.25) is 0 Å². The van der Waals surface area contributed by atoms with Crippen molar-refractivity contribution in [2.24, 2.45) is 0 Å². The summed E-state index contributed by atoms with van der Waals surface area (Å²) in [6.07, 6.45) is 7.65. The maximum Gasteiger partial charge on any atom is 0.316 e. The molecule has 0 aromatic rings. The van der Waals surface area contributed by atoms with Gasteiger partial charge in [-0.15, -0.1) is 11.8 Å². The van der Waals surface area contributed by atoms with E-state index in [1.807, 2.05) is 0 Å². The Kier molecular flexibility index (Phi) is 9.26. The Morgan fingerprint density at radius 1 is 1.21 bits per heavy atom. The molecule has 3 heteroatoms. The zero-order chi connectivity index (χ0) is 10.8. The van der Waals surface area contributed by atoms with Crippen molar-refractivity contribution < 1.29 is 9.90 Å². The molecule has 0 radical (unpaired) electrons. The third-order valence-electron chi connectivity index (χ3n) is 2.21. The van der Waals surface area contributed by atoms with Crippen molar-refractivity contribution in [2.45, 2.75) is 57.6 Å². The van der Waals surface area contributed by atoms with Crippen LogP contribution in [0.5, 0.6) is 0 Å². The van der Waals surface area contributed by atoms with Crippen LogP contribution in [-0.2, 0) is 4.79 Å². The van der Waals surface area contributed by atoms with E-state index in [9.17, 15) is 4.79 Å². The average molecular weight is 218 g/mol. The fourth-order valence-corrected chi connectivity index (χ4v) is 2.08. The topological polar surface area (TPSA) is 37.3 Å². The lowest BCUT2D eigenvalue weighted by molar-refractivity contribution is -0.136. The molecule has 0 heterocycles. The van der Waals surface area contributed by atoms with Crippen molar-refractivity contribution in [1.82, 2.24) is 0 Å². The van der Waals surface area contributed by atoms with Crippen molar-refractivity contribution in [3.8, 4) is 0 Å². The lowest BCUT2D eigenvalue weighted by Crippen LogP contribution is -2.11. The van der Waals surface area contributed by atoms with Crippen LogP contribution < -0.4 is 0 Å². The van der Waals surface area contributed by atoms with E-state index >= 15 is 0 Å². The van der Waals surface area contributed by atoms with E-state index in [2.05, 4.69) is 6.92 Å². The van der Waals surface area contributed by atoms with E-state index in [4.69, 9.17) is 5.11 Å². The van der Waals surface area contributed by atoms with E-state index < -0.39 is 5.97 Å². The molecule has 0 aromatic heterocycles. The Morgan fingerprint density at radius 3 is 2.36 bits per heavy atom.